The fraction of sp³-hybridized carbons (Fsp3) is 0.296. The summed E-state index contributed by atoms with van der Waals surface area (Å²) in [7, 11) is 0. The molecule has 0 saturated carbocycles. The van der Waals surface area contributed by atoms with Crippen LogP contribution in [0.4, 0.5) is 0 Å². The Kier molecular flexibility index (Phi) is 5.85. The summed E-state index contributed by atoms with van der Waals surface area (Å²) in [6, 6.07) is 19.7. The van der Waals surface area contributed by atoms with Gasteiger partial charge in [0.05, 0.1) is 24.0 Å². The van der Waals surface area contributed by atoms with Gasteiger partial charge in [0.25, 0.3) is 5.56 Å². The van der Waals surface area contributed by atoms with Crippen LogP contribution in [0.3, 0.4) is 0 Å². The number of fused-ring (bicyclic) bond motifs is 3. The van der Waals surface area contributed by atoms with E-state index in [4.69, 9.17) is 9.72 Å². The lowest BCUT2D eigenvalue weighted by atomic mass is 9.86. The fourth-order valence-electron chi connectivity index (χ4n) is 4.94. The molecule has 0 N–H and O–H groups in total. The van der Waals surface area contributed by atoms with Crippen LogP contribution >= 0.6 is 11.3 Å². The van der Waals surface area contributed by atoms with E-state index in [1.807, 2.05) is 74.5 Å². The van der Waals surface area contributed by atoms with E-state index in [0.717, 1.165) is 39.2 Å². The van der Waals surface area contributed by atoms with Crippen molar-refractivity contribution >= 4 is 27.5 Å². The molecule has 0 radical (unpaired) electrons. The molecular weight excluding hydrogens is 432 g/mol. The summed E-state index contributed by atoms with van der Waals surface area (Å²) < 4.78 is 7.16. The first kappa shape index (κ1) is 21.6. The van der Waals surface area contributed by atoms with Gasteiger partial charge in [0.2, 0.25) is 0 Å². The molecule has 5 nitrogen and oxygen atoms in total. The van der Waals surface area contributed by atoms with Crippen LogP contribution in [0.1, 0.15) is 59.1 Å². The summed E-state index contributed by atoms with van der Waals surface area (Å²) in [5.74, 6) is 0.0174. The molecule has 0 amide bonds. The van der Waals surface area contributed by atoms with Crippen LogP contribution in [0.2, 0.25) is 0 Å². The summed E-state index contributed by atoms with van der Waals surface area (Å²) in [6.45, 7) is 4.04. The Morgan fingerprint density at radius 2 is 1.76 bits per heavy atom. The Morgan fingerprint density at radius 3 is 2.36 bits per heavy atom. The number of carbonyl (C=O) groups is 1. The second kappa shape index (κ2) is 8.94. The summed E-state index contributed by atoms with van der Waals surface area (Å²) >= 11 is 1.55. The molecule has 0 fully saturated rings. The zero-order chi connectivity index (χ0) is 22.9. The molecule has 0 spiro atoms. The molecule has 6 heteroatoms. The highest BCUT2D eigenvalue weighted by atomic mass is 32.1. The van der Waals surface area contributed by atoms with Crippen molar-refractivity contribution in [2.45, 2.75) is 45.1 Å². The number of hydrogen-bond donors (Lipinski definition) is 0. The van der Waals surface area contributed by atoms with Gasteiger partial charge in [0.15, 0.2) is 0 Å². The molecule has 1 aliphatic carbocycles. The van der Waals surface area contributed by atoms with Crippen molar-refractivity contribution in [1.82, 2.24) is 9.55 Å². The summed E-state index contributed by atoms with van der Waals surface area (Å²) in [5, 5.41) is 0.579. The standard InChI is InChI=1S/C27H26N2O3S/c1-3-32-27(31)20-15-10-16-21-22(20)23-25(33-21)28-17(2)29(26(23)30)24(18-11-6-4-7-12-18)19-13-8-5-9-14-19/h4-9,11-14,20,24H,3,10,15-16H2,1-2H3. The van der Waals surface area contributed by atoms with E-state index >= 15 is 0 Å². The quantitative estimate of drug-likeness (QED) is 0.376. The van der Waals surface area contributed by atoms with Gasteiger partial charge in [-0.05, 0) is 49.8 Å². The molecule has 2 aromatic carbocycles. The monoisotopic (exact) mass is 458 g/mol. The third-order valence-corrected chi connectivity index (χ3v) is 7.51. The van der Waals surface area contributed by atoms with Crippen LogP contribution in [0.15, 0.2) is 65.5 Å². The fourth-order valence-corrected chi connectivity index (χ4v) is 6.25. The predicted octanol–water partition coefficient (Wildman–Crippen LogP) is 5.39. The minimum Gasteiger partial charge on any atom is -0.466 e. The van der Waals surface area contributed by atoms with Crippen molar-refractivity contribution in [2.75, 3.05) is 6.61 Å². The third kappa shape index (κ3) is 3.78. The minimum absolute atomic E-state index is 0.0936. The number of aromatic nitrogens is 2. The molecule has 5 rings (SSSR count). The lowest BCUT2D eigenvalue weighted by Gasteiger charge is -2.24. The topological polar surface area (TPSA) is 61.2 Å². The maximum Gasteiger partial charge on any atom is 0.313 e. The van der Waals surface area contributed by atoms with Gasteiger partial charge in [-0.3, -0.25) is 14.2 Å². The Labute approximate surface area is 196 Å². The lowest BCUT2D eigenvalue weighted by molar-refractivity contribution is -0.145. The van der Waals surface area contributed by atoms with E-state index in [2.05, 4.69) is 0 Å². The molecule has 168 valence electrons. The molecule has 0 bridgehead atoms. The maximum absolute atomic E-state index is 14.2. The first-order valence-electron chi connectivity index (χ1n) is 11.4. The average molecular weight is 459 g/mol. The second-order valence-corrected chi connectivity index (χ2v) is 9.46. The van der Waals surface area contributed by atoms with E-state index in [1.54, 1.807) is 15.9 Å². The molecule has 1 atom stereocenters. The van der Waals surface area contributed by atoms with Gasteiger partial charge in [-0.25, -0.2) is 4.98 Å². The molecule has 4 aromatic rings. The number of carbonyl (C=O) groups excluding carboxylic acids is 1. The first-order chi connectivity index (χ1) is 16.1. The highest BCUT2D eigenvalue weighted by molar-refractivity contribution is 7.18. The lowest BCUT2D eigenvalue weighted by Crippen LogP contribution is -2.30. The summed E-state index contributed by atoms with van der Waals surface area (Å²) in [6.07, 6.45) is 2.48. The van der Waals surface area contributed by atoms with Crippen molar-refractivity contribution in [3.63, 3.8) is 0 Å². The van der Waals surface area contributed by atoms with Crippen LogP contribution in [-0.2, 0) is 16.0 Å². The van der Waals surface area contributed by atoms with Crippen molar-refractivity contribution in [1.29, 1.82) is 0 Å². The first-order valence-corrected chi connectivity index (χ1v) is 12.2. The number of ether oxygens (including phenoxy) is 1. The number of nitrogens with zero attached hydrogens (tertiary/aromatic N) is 2. The molecule has 1 aliphatic rings. The Balaban J connectivity index is 1.78. The van der Waals surface area contributed by atoms with Gasteiger partial charge < -0.3 is 4.74 Å². The van der Waals surface area contributed by atoms with Gasteiger partial charge in [-0.15, -0.1) is 11.3 Å². The SMILES string of the molecule is CCOC(=O)C1CCCc2sc3nc(C)n(C(c4ccccc4)c4ccccc4)c(=O)c3c21. The van der Waals surface area contributed by atoms with Crippen LogP contribution in [0.5, 0.6) is 0 Å². The molecular formula is C27H26N2O3S. The third-order valence-electron chi connectivity index (χ3n) is 6.35. The highest BCUT2D eigenvalue weighted by Crippen LogP contribution is 2.41. The van der Waals surface area contributed by atoms with Crippen LogP contribution in [0.25, 0.3) is 10.2 Å². The largest absolute Gasteiger partial charge is 0.466 e. The predicted molar refractivity (Wildman–Crippen MR) is 131 cm³/mol. The van der Waals surface area contributed by atoms with E-state index in [1.165, 1.54) is 0 Å². The summed E-state index contributed by atoms with van der Waals surface area (Å²) in [4.78, 5) is 33.7. The van der Waals surface area contributed by atoms with Gasteiger partial charge in [0, 0.05) is 4.88 Å². The zero-order valence-electron chi connectivity index (χ0n) is 18.8. The maximum atomic E-state index is 14.2. The van der Waals surface area contributed by atoms with E-state index in [9.17, 15) is 9.59 Å². The van der Waals surface area contributed by atoms with E-state index < -0.39 is 5.92 Å². The molecule has 1 unspecified atom stereocenters. The summed E-state index contributed by atoms with van der Waals surface area (Å²) in [5.41, 5.74) is 2.77. The molecule has 0 saturated heterocycles. The Morgan fingerprint density at radius 1 is 1.12 bits per heavy atom. The van der Waals surface area contributed by atoms with Crippen molar-refractivity contribution in [3.8, 4) is 0 Å². The molecule has 2 heterocycles. The Hall–Kier alpha value is -3.25. The number of esters is 1. The number of aryl methyl sites for hydroxylation is 2. The highest BCUT2D eigenvalue weighted by Gasteiger charge is 2.34. The van der Waals surface area contributed by atoms with Gasteiger partial charge in [-0.2, -0.15) is 0 Å². The smallest absolute Gasteiger partial charge is 0.313 e. The average Bonchev–Trinajstić information content (AvgIpc) is 3.21. The molecule has 2 aromatic heterocycles. The van der Waals surface area contributed by atoms with Crippen molar-refractivity contribution in [2.24, 2.45) is 0 Å². The van der Waals surface area contributed by atoms with Gasteiger partial charge >= 0.3 is 5.97 Å². The van der Waals surface area contributed by atoms with Crippen LogP contribution in [0, 0.1) is 6.92 Å². The van der Waals surface area contributed by atoms with Gasteiger partial charge in [-0.1, -0.05) is 60.7 Å². The van der Waals surface area contributed by atoms with E-state index in [0.29, 0.717) is 24.2 Å². The van der Waals surface area contributed by atoms with Crippen molar-refractivity contribution < 1.29 is 9.53 Å². The number of hydrogen-bond acceptors (Lipinski definition) is 5. The normalized spacial score (nSPS) is 15.5. The minimum atomic E-state index is -0.403. The van der Waals surface area contributed by atoms with Gasteiger partial charge in [0.1, 0.15) is 10.7 Å². The number of benzene rings is 2. The zero-order valence-corrected chi connectivity index (χ0v) is 19.6. The number of rotatable bonds is 5. The Bertz CT molecular complexity index is 1320. The van der Waals surface area contributed by atoms with E-state index in [-0.39, 0.29) is 17.6 Å². The molecule has 0 aliphatic heterocycles. The molecule has 33 heavy (non-hydrogen) atoms. The number of thiophene rings is 1. The van der Waals surface area contributed by atoms with Crippen molar-refractivity contribution in [3.05, 3.63) is 98.4 Å². The van der Waals surface area contributed by atoms with Crippen LogP contribution in [-0.4, -0.2) is 22.1 Å². The second-order valence-electron chi connectivity index (χ2n) is 8.37. The van der Waals surface area contributed by atoms with Crippen LogP contribution < -0.4 is 5.56 Å².